The number of hydrogen-bond donors (Lipinski definition) is 0. The van der Waals surface area contributed by atoms with Gasteiger partial charge in [-0.1, -0.05) is 25.6 Å². The van der Waals surface area contributed by atoms with Crippen molar-refractivity contribution in [2.75, 3.05) is 13.2 Å². The van der Waals surface area contributed by atoms with Crippen LogP contribution in [-0.4, -0.2) is 21.3 Å². The molecule has 0 fully saturated rings. The van der Waals surface area contributed by atoms with Gasteiger partial charge in [0.2, 0.25) is 0 Å². The van der Waals surface area contributed by atoms with Crippen LogP contribution in [0, 0.1) is 11.5 Å². The van der Waals surface area contributed by atoms with Gasteiger partial charge in [-0.25, -0.2) is 0 Å². The molecule has 1 aromatic rings. The maximum absolute atomic E-state index is 5.58. The van der Waals surface area contributed by atoms with Gasteiger partial charge < -0.3 is 9.47 Å². The fourth-order valence-electron chi connectivity index (χ4n) is 1.39. The van der Waals surface area contributed by atoms with Crippen LogP contribution < -0.4 is 9.47 Å². The molecule has 0 N–H and O–H groups in total. The monoisotopic (exact) mass is 262 g/mol. The van der Waals surface area contributed by atoms with E-state index in [0.717, 1.165) is 17.1 Å². The highest BCUT2D eigenvalue weighted by atomic mass is 28.3. The minimum absolute atomic E-state index is 0.630. The molecule has 0 saturated heterocycles. The van der Waals surface area contributed by atoms with E-state index >= 15 is 0 Å². The van der Waals surface area contributed by atoms with E-state index in [0.29, 0.717) is 13.2 Å². The van der Waals surface area contributed by atoms with Gasteiger partial charge in [0.25, 0.3) is 0 Å². The molecule has 0 saturated carbocycles. The third-order valence-corrected chi connectivity index (χ3v) is 3.00. The molecular formula is C15H22O2Si. The van der Waals surface area contributed by atoms with Gasteiger partial charge in [0.1, 0.15) is 8.07 Å². The molecule has 0 heterocycles. The summed E-state index contributed by atoms with van der Waals surface area (Å²) in [7, 11) is -1.34. The van der Waals surface area contributed by atoms with Crippen molar-refractivity contribution in [2.45, 2.75) is 33.5 Å². The smallest absolute Gasteiger partial charge is 0.162 e. The van der Waals surface area contributed by atoms with Crippen LogP contribution in [0.2, 0.25) is 19.6 Å². The lowest BCUT2D eigenvalue weighted by Gasteiger charge is -2.11. The Labute approximate surface area is 111 Å². The fraction of sp³-hybridized carbons (Fsp3) is 0.467. The second kappa shape index (κ2) is 6.51. The summed E-state index contributed by atoms with van der Waals surface area (Å²) in [6, 6.07) is 5.88. The zero-order chi connectivity index (χ0) is 13.6. The maximum Gasteiger partial charge on any atom is 0.162 e. The molecule has 3 heteroatoms. The topological polar surface area (TPSA) is 18.5 Å². The summed E-state index contributed by atoms with van der Waals surface area (Å²) in [5, 5.41) is 0. The summed E-state index contributed by atoms with van der Waals surface area (Å²) in [4.78, 5) is 0. The van der Waals surface area contributed by atoms with Crippen LogP contribution in [0.25, 0.3) is 0 Å². The van der Waals surface area contributed by atoms with Gasteiger partial charge in [0, 0.05) is 5.56 Å². The normalized spacial score (nSPS) is 10.5. The van der Waals surface area contributed by atoms with Crippen molar-refractivity contribution in [3.05, 3.63) is 23.8 Å². The predicted octanol–water partition coefficient (Wildman–Crippen LogP) is 3.71. The maximum atomic E-state index is 5.58. The Hall–Kier alpha value is -1.40. The van der Waals surface area contributed by atoms with Crippen molar-refractivity contribution in [1.29, 1.82) is 0 Å². The Kier molecular flexibility index (Phi) is 5.30. The Morgan fingerprint density at radius 1 is 1.00 bits per heavy atom. The third-order valence-electron chi connectivity index (χ3n) is 2.13. The van der Waals surface area contributed by atoms with Crippen molar-refractivity contribution in [1.82, 2.24) is 0 Å². The zero-order valence-corrected chi connectivity index (χ0v) is 13.0. The lowest BCUT2D eigenvalue weighted by molar-refractivity contribution is 0.287. The van der Waals surface area contributed by atoms with E-state index in [2.05, 4.69) is 31.1 Å². The number of ether oxygens (including phenoxy) is 2. The average Bonchev–Trinajstić information content (AvgIpc) is 2.29. The highest BCUT2D eigenvalue weighted by Crippen LogP contribution is 2.28. The summed E-state index contributed by atoms with van der Waals surface area (Å²) in [5.74, 6) is 4.80. The molecule has 2 nitrogen and oxygen atoms in total. The van der Waals surface area contributed by atoms with Crippen molar-refractivity contribution in [3.8, 4) is 23.0 Å². The van der Waals surface area contributed by atoms with Crippen LogP contribution in [0.4, 0.5) is 0 Å². The van der Waals surface area contributed by atoms with Gasteiger partial charge >= 0.3 is 0 Å². The molecule has 1 aromatic carbocycles. The number of hydrogen-bond acceptors (Lipinski definition) is 2. The molecule has 1 rings (SSSR count). The minimum Gasteiger partial charge on any atom is -0.490 e. The molecule has 0 spiro atoms. The number of rotatable bonds is 4. The van der Waals surface area contributed by atoms with Crippen molar-refractivity contribution >= 4 is 8.07 Å². The summed E-state index contributed by atoms with van der Waals surface area (Å²) in [5.41, 5.74) is 4.34. The van der Waals surface area contributed by atoms with E-state index in [9.17, 15) is 0 Å². The molecule has 0 aliphatic rings. The molecule has 0 radical (unpaired) electrons. The first-order valence-corrected chi connectivity index (χ1v) is 9.89. The summed E-state index contributed by atoms with van der Waals surface area (Å²) in [6.07, 6.45) is 0. The Bertz CT molecular complexity index is 450. The van der Waals surface area contributed by atoms with Crippen LogP contribution in [0.15, 0.2) is 18.2 Å². The van der Waals surface area contributed by atoms with E-state index < -0.39 is 8.07 Å². The highest BCUT2D eigenvalue weighted by molar-refractivity contribution is 6.83. The van der Waals surface area contributed by atoms with Crippen LogP contribution in [0.1, 0.15) is 19.4 Å². The van der Waals surface area contributed by atoms with E-state index in [1.54, 1.807) is 0 Å². The van der Waals surface area contributed by atoms with Crippen LogP contribution in [0.3, 0.4) is 0 Å². The van der Waals surface area contributed by atoms with Gasteiger partial charge in [0.15, 0.2) is 11.5 Å². The van der Waals surface area contributed by atoms with Gasteiger partial charge in [-0.2, -0.15) is 0 Å². The van der Waals surface area contributed by atoms with E-state index in [-0.39, 0.29) is 0 Å². The van der Waals surface area contributed by atoms with E-state index in [1.165, 1.54) is 0 Å². The molecular weight excluding hydrogens is 240 g/mol. The van der Waals surface area contributed by atoms with Crippen molar-refractivity contribution in [3.63, 3.8) is 0 Å². The molecule has 0 atom stereocenters. The first-order chi connectivity index (χ1) is 8.46. The van der Waals surface area contributed by atoms with Crippen molar-refractivity contribution in [2.24, 2.45) is 0 Å². The minimum atomic E-state index is -1.34. The molecule has 0 aliphatic carbocycles. The van der Waals surface area contributed by atoms with Crippen LogP contribution in [-0.2, 0) is 0 Å². The van der Waals surface area contributed by atoms with Gasteiger partial charge in [-0.05, 0) is 32.0 Å². The molecule has 98 valence electrons. The Morgan fingerprint density at radius 2 is 1.61 bits per heavy atom. The molecule has 0 amide bonds. The second-order valence-corrected chi connectivity index (χ2v) is 9.78. The molecule has 18 heavy (non-hydrogen) atoms. The SMILES string of the molecule is CCOc1ccc(C#C[Si](C)(C)C)cc1OCC. The largest absolute Gasteiger partial charge is 0.490 e. The average molecular weight is 262 g/mol. The molecule has 0 aliphatic heterocycles. The summed E-state index contributed by atoms with van der Waals surface area (Å²) >= 11 is 0. The first-order valence-electron chi connectivity index (χ1n) is 6.39. The first kappa shape index (κ1) is 14.7. The van der Waals surface area contributed by atoms with Crippen LogP contribution >= 0.6 is 0 Å². The van der Waals surface area contributed by atoms with E-state index in [1.807, 2.05) is 32.0 Å². The lowest BCUT2D eigenvalue weighted by atomic mass is 10.2. The summed E-state index contributed by atoms with van der Waals surface area (Å²) < 4.78 is 11.1. The highest BCUT2D eigenvalue weighted by Gasteiger charge is 2.08. The van der Waals surface area contributed by atoms with Gasteiger partial charge in [-0.3, -0.25) is 0 Å². The van der Waals surface area contributed by atoms with Gasteiger partial charge in [0.05, 0.1) is 13.2 Å². The summed E-state index contributed by atoms with van der Waals surface area (Å²) in [6.45, 7) is 11.9. The molecule has 0 aromatic heterocycles. The van der Waals surface area contributed by atoms with Crippen molar-refractivity contribution < 1.29 is 9.47 Å². The standard InChI is InChI=1S/C15H22O2Si/c1-6-16-14-9-8-13(10-11-18(3,4)5)12-15(14)17-7-2/h8-9,12H,6-7H2,1-5H3. The quantitative estimate of drug-likeness (QED) is 0.608. The number of benzene rings is 1. The van der Waals surface area contributed by atoms with Gasteiger partial charge in [-0.15, -0.1) is 5.54 Å². The third kappa shape index (κ3) is 4.85. The van der Waals surface area contributed by atoms with Crippen LogP contribution in [0.5, 0.6) is 11.5 Å². The lowest BCUT2D eigenvalue weighted by Crippen LogP contribution is -2.16. The predicted molar refractivity (Wildman–Crippen MR) is 79.0 cm³/mol. The molecule has 0 unspecified atom stereocenters. The Morgan fingerprint density at radius 3 is 2.17 bits per heavy atom. The second-order valence-electron chi connectivity index (χ2n) is 5.03. The van der Waals surface area contributed by atoms with E-state index in [4.69, 9.17) is 9.47 Å². The fourth-order valence-corrected chi connectivity index (χ4v) is 1.91. The zero-order valence-electron chi connectivity index (χ0n) is 12.0. The molecule has 0 bridgehead atoms. The Balaban J connectivity index is 3.01.